The molecule has 5 rings (SSSR count). The lowest BCUT2D eigenvalue weighted by Gasteiger charge is -2.20. The van der Waals surface area contributed by atoms with Crippen LogP contribution in [0, 0.1) is 0 Å². The third-order valence-corrected chi connectivity index (χ3v) is 7.32. The van der Waals surface area contributed by atoms with Crippen LogP contribution in [0.25, 0.3) is 16.7 Å². The van der Waals surface area contributed by atoms with Crippen LogP contribution in [0.1, 0.15) is 32.0 Å². The molecule has 0 bridgehead atoms. The fraction of sp³-hybridized carbons (Fsp3) is 0.250. The van der Waals surface area contributed by atoms with Gasteiger partial charge in [-0.1, -0.05) is 49.5 Å². The number of nitrogens with zero attached hydrogens (tertiary/aromatic N) is 5. The molecule has 1 fully saturated rings. The van der Waals surface area contributed by atoms with Crippen LogP contribution in [0.15, 0.2) is 54.6 Å². The molecule has 0 aliphatic carbocycles. The lowest BCUT2D eigenvalue weighted by Crippen LogP contribution is -2.36. The number of hydrogen-bond acceptors (Lipinski definition) is 6. The highest BCUT2D eigenvalue weighted by Gasteiger charge is 2.38. The normalized spacial score (nSPS) is 15.6. The Morgan fingerprint density at radius 2 is 1.76 bits per heavy atom. The molecule has 13 nitrogen and oxygen atoms in total. The van der Waals surface area contributed by atoms with E-state index in [1.807, 2.05) is 49.8 Å². The van der Waals surface area contributed by atoms with Crippen LogP contribution in [0.4, 0.5) is 21.4 Å². The number of rotatable bonds is 5. The molecule has 4 amide bonds. The van der Waals surface area contributed by atoms with Crippen LogP contribution in [-0.4, -0.2) is 56.7 Å². The number of anilines is 2. The molecule has 1 saturated heterocycles. The van der Waals surface area contributed by atoms with Crippen molar-refractivity contribution in [3.05, 3.63) is 65.9 Å². The van der Waals surface area contributed by atoms with Gasteiger partial charge in [0.2, 0.25) is 5.95 Å². The lowest BCUT2D eigenvalue weighted by molar-refractivity contribution is 0.132. The molecule has 0 radical (unpaired) electrons. The first-order valence-corrected chi connectivity index (χ1v) is 13.2. The predicted molar refractivity (Wildman–Crippen MR) is 142 cm³/mol. The Morgan fingerprint density at radius 3 is 2.39 bits per heavy atom. The average Bonchev–Trinajstić information content (AvgIpc) is 3.50. The van der Waals surface area contributed by atoms with E-state index in [1.54, 1.807) is 35.0 Å². The number of hydrogen-bond donors (Lipinski definition) is 4. The number of aromatic nitrogens is 4. The highest BCUT2D eigenvalue weighted by molar-refractivity contribution is 7.88. The Labute approximate surface area is 219 Å². The molecule has 38 heavy (non-hydrogen) atoms. The summed E-state index contributed by atoms with van der Waals surface area (Å²) in [5.74, 6) is 0.748. The van der Waals surface area contributed by atoms with E-state index in [9.17, 15) is 18.0 Å². The SMILES string of the molecule is CN1C(=O)NS(=O)(=O)N1Cc1ccc(-n2nc(C(C)(C)C)cc2NC(=O)Nc2nc3ccccc3[nH]2)cc1. The quantitative estimate of drug-likeness (QED) is 0.306. The number of aromatic amines is 1. The standard InChI is InChI=1S/C24H27N9O4S/c1-24(2,3)19-13-20(27-22(34)28-21-25-17-7-5-6-8-18(17)26-21)33(29-19)16-11-9-15(10-12-16)14-32-31(4)23(35)30-38(32,36)37/h5-13H,14H2,1-4H3,(H,30,35)(H3,25,26,27,28,34). The van der Waals surface area contributed by atoms with Gasteiger partial charge in [-0.15, -0.1) is 0 Å². The number of carbonyl (C=O) groups excluding carboxylic acids is 2. The lowest BCUT2D eigenvalue weighted by atomic mass is 9.92. The van der Waals surface area contributed by atoms with E-state index in [4.69, 9.17) is 5.10 Å². The van der Waals surface area contributed by atoms with E-state index in [0.29, 0.717) is 23.0 Å². The van der Waals surface area contributed by atoms with Crippen molar-refractivity contribution in [2.75, 3.05) is 17.7 Å². The van der Waals surface area contributed by atoms with E-state index in [0.717, 1.165) is 26.2 Å². The van der Waals surface area contributed by atoms with Crippen LogP contribution in [0.3, 0.4) is 0 Å². The van der Waals surface area contributed by atoms with Gasteiger partial charge in [0.15, 0.2) is 0 Å². The van der Waals surface area contributed by atoms with E-state index >= 15 is 0 Å². The number of urea groups is 2. The zero-order valence-electron chi connectivity index (χ0n) is 21.2. The van der Waals surface area contributed by atoms with Crippen molar-refractivity contribution in [3.63, 3.8) is 0 Å². The third kappa shape index (κ3) is 4.90. The maximum absolute atomic E-state index is 12.8. The number of nitrogens with one attached hydrogen (secondary N) is 4. The summed E-state index contributed by atoms with van der Waals surface area (Å²) < 4.78 is 28.9. The minimum atomic E-state index is -3.93. The minimum absolute atomic E-state index is 0.0325. The van der Waals surface area contributed by atoms with Crippen molar-refractivity contribution in [2.24, 2.45) is 0 Å². The van der Waals surface area contributed by atoms with Gasteiger partial charge < -0.3 is 4.98 Å². The summed E-state index contributed by atoms with van der Waals surface area (Å²) in [5.41, 5.74) is 3.31. The first kappa shape index (κ1) is 25.2. The first-order chi connectivity index (χ1) is 17.9. The summed E-state index contributed by atoms with van der Waals surface area (Å²) in [7, 11) is -2.56. The van der Waals surface area contributed by atoms with Gasteiger partial charge in [-0.25, -0.2) is 29.0 Å². The Hall–Kier alpha value is -4.43. The summed E-state index contributed by atoms with van der Waals surface area (Å²) in [6.45, 7) is 6.02. The summed E-state index contributed by atoms with van der Waals surface area (Å²) in [4.78, 5) is 32.0. The Balaban J connectivity index is 1.38. The number of hydrazine groups is 1. The summed E-state index contributed by atoms with van der Waals surface area (Å²) in [6.07, 6.45) is 0. The highest BCUT2D eigenvalue weighted by Crippen LogP contribution is 2.27. The fourth-order valence-electron chi connectivity index (χ4n) is 3.88. The molecule has 0 atom stereocenters. The molecule has 14 heteroatoms. The smallest absolute Gasteiger partial charge is 0.324 e. The van der Waals surface area contributed by atoms with E-state index in [-0.39, 0.29) is 12.0 Å². The van der Waals surface area contributed by atoms with Crippen LogP contribution in [0.5, 0.6) is 0 Å². The van der Waals surface area contributed by atoms with Gasteiger partial charge in [-0.05, 0) is 29.8 Å². The second-order valence-corrected chi connectivity index (χ2v) is 11.4. The van der Waals surface area contributed by atoms with Crippen molar-refractivity contribution >= 4 is 45.1 Å². The largest absolute Gasteiger partial charge is 0.347 e. The molecule has 4 aromatic rings. The zero-order chi connectivity index (χ0) is 27.2. The van der Waals surface area contributed by atoms with Gasteiger partial charge in [-0.2, -0.15) is 13.5 Å². The minimum Gasteiger partial charge on any atom is -0.324 e. The molecular weight excluding hydrogens is 510 g/mol. The van der Waals surface area contributed by atoms with Gasteiger partial charge in [0, 0.05) is 18.5 Å². The second kappa shape index (κ2) is 9.15. The van der Waals surface area contributed by atoms with Gasteiger partial charge in [0.05, 0.1) is 29.0 Å². The zero-order valence-corrected chi connectivity index (χ0v) is 22.0. The summed E-state index contributed by atoms with van der Waals surface area (Å²) in [5, 5.41) is 11.3. The van der Waals surface area contributed by atoms with Crippen LogP contribution in [0.2, 0.25) is 0 Å². The topological polar surface area (TPSA) is 157 Å². The fourth-order valence-corrected chi connectivity index (χ4v) is 5.06. The molecular formula is C24H27N9O4S. The third-order valence-electron chi connectivity index (χ3n) is 5.96. The van der Waals surface area contributed by atoms with Gasteiger partial charge in [0.1, 0.15) is 5.82 Å². The van der Waals surface area contributed by atoms with E-state index in [1.165, 1.54) is 7.05 Å². The number of carbonyl (C=O) groups is 2. The second-order valence-electron chi connectivity index (χ2n) is 9.84. The van der Waals surface area contributed by atoms with Gasteiger partial charge in [0.25, 0.3) is 0 Å². The number of H-pyrrole nitrogens is 1. The highest BCUT2D eigenvalue weighted by atomic mass is 32.2. The van der Waals surface area contributed by atoms with E-state index < -0.39 is 22.3 Å². The van der Waals surface area contributed by atoms with E-state index in [2.05, 4.69) is 20.6 Å². The van der Waals surface area contributed by atoms with Crippen molar-refractivity contribution in [1.29, 1.82) is 0 Å². The molecule has 2 aromatic carbocycles. The number of para-hydroxylation sites is 2. The number of benzene rings is 2. The summed E-state index contributed by atoms with van der Waals surface area (Å²) in [6, 6.07) is 15.0. The van der Waals surface area contributed by atoms with Crippen LogP contribution in [-0.2, 0) is 22.2 Å². The number of fused-ring (bicyclic) bond motifs is 1. The maximum atomic E-state index is 12.8. The molecule has 1 aliphatic heterocycles. The molecule has 3 heterocycles. The number of imidazole rings is 1. The maximum Gasteiger partial charge on any atom is 0.347 e. The Morgan fingerprint density at radius 1 is 1.05 bits per heavy atom. The van der Waals surface area contributed by atoms with Crippen molar-refractivity contribution in [3.8, 4) is 5.69 Å². The summed E-state index contributed by atoms with van der Waals surface area (Å²) >= 11 is 0. The van der Waals surface area contributed by atoms with Crippen molar-refractivity contribution in [2.45, 2.75) is 32.7 Å². The van der Waals surface area contributed by atoms with Crippen molar-refractivity contribution in [1.82, 2.24) is 33.9 Å². The van der Waals surface area contributed by atoms with Crippen LogP contribution < -0.4 is 15.4 Å². The first-order valence-electron chi connectivity index (χ1n) is 11.7. The predicted octanol–water partition coefficient (Wildman–Crippen LogP) is 3.31. The number of amides is 4. The Bertz CT molecular complexity index is 1600. The van der Waals surface area contributed by atoms with Gasteiger partial charge in [-0.3, -0.25) is 10.6 Å². The monoisotopic (exact) mass is 537 g/mol. The van der Waals surface area contributed by atoms with Crippen LogP contribution >= 0.6 is 0 Å². The molecule has 198 valence electrons. The molecule has 0 spiro atoms. The molecule has 4 N–H and O–H groups in total. The molecule has 0 unspecified atom stereocenters. The molecule has 0 saturated carbocycles. The molecule has 1 aliphatic rings. The Kier molecular flexibility index (Phi) is 6.07. The van der Waals surface area contributed by atoms with Gasteiger partial charge >= 0.3 is 22.3 Å². The average molecular weight is 538 g/mol. The molecule has 2 aromatic heterocycles. The van der Waals surface area contributed by atoms with Crippen molar-refractivity contribution < 1.29 is 18.0 Å².